The summed E-state index contributed by atoms with van der Waals surface area (Å²) in [6.45, 7) is 2.17. The lowest BCUT2D eigenvalue weighted by atomic mass is 9.75. The van der Waals surface area contributed by atoms with Gasteiger partial charge in [0.25, 0.3) is 11.9 Å². The Labute approximate surface area is 235 Å². The number of benzene rings is 2. The molecule has 14 heteroatoms. The third-order valence-corrected chi connectivity index (χ3v) is 6.82. The molecule has 0 fully saturated rings. The Hall–Kier alpha value is -5.40. The number of phenols is 4. The lowest BCUT2D eigenvalue weighted by Crippen LogP contribution is -2.26. The molecule has 2 unspecified atom stereocenters. The second kappa shape index (κ2) is 10.9. The van der Waals surface area contributed by atoms with Crippen molar-refractivity contribution in [2.45, 2.75) is 25.7 Å². The van der Waals surface area contributed by atoms with Gasteiger partial charge in [-0.05, 0) is 13.8 Å². The molecule has 42 heavy (non-hydrogen) atoms. The first-order valence-electron chi connectivity index (χ1n) is 12.1. The molecule has 0 amide bonds. The van der Waals surface area contributed by atoms with Gasteiger partial charge in [0.1, 0.15) is 22.3 Å². The van der Waals surface area contributed by atoms with E-state index < -0.39 is 90.7 Å². The highest BCUT2D eigenvalue weighted by atomic mass is 16.6. The zero-order chi connectivity index (χ0) is 31.2. The molecule has 0 spiro atoms. The van der Waals surface area contributed by atoms with Gasteiger partial charge in [0, 0.05) is 0 Å². The third kappa shape index (κ3) is 4.36. The van der Waals surface area contributed by atoms with Gasteiger partial charge in [-0.3, -0.25) is 19.2 Å². The number of carbonyl (C=O) groups excluding carboxylic acids is 2. The molecule has 2 aromatic carbocycles. The van der Waals surface area contributed by atoms with Crippen molar-refractivity contribution in [3.05, 3.63) is 43.7 Å². The summed E-state index contributed by atoms with van der Waals surface area (Å²) in [6, 6.07) is 1.77. The largest absolute Gasteiger partial charge is 0.504 e. The van der Waals surface area contributed by atoms with E-state index in [-0.39, 0.29) is 23.0 Å². The van der Waals surface area contributed by atoms with Gasteiger partial charge >= 0.3 is 0 Å². The van der Waals surface area contributed by atoms with Crippen LogP contribution in [0.4, 0.5) is 0 Å². The van der Waals surface area contributed by atoms with Crippen LogP contribution in [-0.2, 0) is 9.59 Å². The fraction of sp³-hybridized carbons (Fsp3) is 0.286. The van der Waals surface area contributed by atoms with Crippen LogP contribution in [0.3, 0.4) is 0 Å². The van der Waals surface area contributed by atoms with E-state index in [1.165, 1.54) is 14.2 Å². The minimum absolute atomic E-state index is 0.344. The number of ketones is 2. The molecule has 0 aliphatic carbocycles. The Kier molecular flexibility index (Phi) is 7.66. The normalized spacial score (nSPS) is 12.6. The third-order valence-electron chi connectivity index (χ3n) is 6.82. The molecule has 2 heterocycles. The van der Waals surface area contributed by atoms with E-state index in [0.29, 0.717) is 0 Å². The molecule has 0 bridgehead atoms. The van der Waals surface area contributed by atoms with E-state index in [1.54, 1.807) is 0 Å². The number of carbonyl (C=O) groups is 2. The van der Waals surface area contributed by atoms with Gasteiger partial charge in [-0.2, -0.15) is 0 Å². The number of methoxy groups -OCH3 is 4. The number of aromatic hydroxyl groups is 4. The molecule has 0 aliphatic rings. The number of hydrogen-bond donors (Lipinski definition) is 4. The number of ether oxygens (including phenoxy) is 4. The Morgan fingerprint density at radius 2 is 0.952 bits per heavy atom. The quantitative estimate of drug-likeness (QED) is 0.208. The number of rotatable bonds is 9. The first-order chi connectivity index (χ1) is 19.8. The van der Waals surface area contributed by atoms with Crippen LogP contribution in [0.2, 0.25) is 0 Å². The minimum Gasteiger partial charge on any atom is -0.504 e. The molecule has 0 saturated carbocycles. The molecule has 2 atom stereocenters. The smallest absolute Gasteiger partial charge is 0.288 e. The molecule has 2 aromatic heterocycles. The van der Waals surface area contributed by atoms with Crippen LogP contribution in [-0.4, -0.2) is 60.4 Å². The van der Waals surface area contributed by atoms with Crippen molar-refractivity contribution in [3.8, 4) is 46.4 Å². The molecule has 4 rings (SSSR count). The van der Waals surface area contributed by atoms with Gasteiger partial charge < -0.3 is 48.2 Å². The van der Waals surface area contributed by atoms with Crippen molar-refractivity contribution in [1.82, 2.24) is 0 Å². The fourth-order valence-corrected chi connectivity index (χ4v) is 5.07. The molecule has 0 saturated heterocycles. The summed E-state index contributed by atoms with van der Waals surface area (Å²) in [5.41, 5.74) is -3.40. The van der Waals surface area contributed by atoms with E-state index in [2.05, 4.69) is 0 Å². The first-order valence-corrected chi connectivity index (χ1v) is 12.1. The van der Waals surface area contributed by atoms with E-state index in [1.807, 2.05) is 0 Å². The molecule has 0 radical (unpaired) electrons. The maximum atomic E-state index is 13.5. The highest BCUT2D eigenvalue weighted by molar-refractivity contribution is 6.04. The zero-order valence-electron chi connectivity index (χ0n) is 23.2. The Balaban J connectivity index is 2.30. The second-order valence-electron chi connectivity index (χ2n) is 9.14. The van der Waals surface area contributed by atoms with Crippen LogP contribution in [0, 0.1) is 0 Å². The predicted molar refractivity (Wildman–Crippen MR) is 145 cm³/mol. The highest BCUT2D eigenvalue weighted by Gasteiger charge is 2.43. The topological polar surface area (TPSA) is 212 Å². The second-order valence-corrected chi connectivity index (χ2v) is 9.14. The summed E-state index contributed by atoms with van der Waals surface area (Å²) in [4.78, 5) is 53.0. The van der Waals surface area contributed by atoms with Crippen LogP contribution in [0.1, 0.15) is 36.8 Å². The first kappa shape index (κ1) is 29.6. The summed E-state index contributed by atoms with van der Waals surface area (Å²) >= 11 is 0. The van der Waals surface area contributed by atoms with Crippen molar-refractivity contribution in [1.29, 1.82) is 0 Å². The van der Waals surface area contributed by atoms with Crippen molar-refractivity contribution < 1.29 is 57.8 Å². The van der Waals surface area contributed by atoms with Gasteiger partial charge in [-0.1, -0.05) is 0 Å². The lowest BCUT2D eigenvalue weighted by molar-refractivity contribution is -0.125. The minimum atomic E-state index is -1.72. The molecular weight excluding hydrogens is 560 g/mol. The molecule has 4 N–H and O–H groups in total. The average Bonchev–Trinajstić information content (AvgIpc) is 2.94. The number of Topliss-reactive ketones (excluding diaryl/α,β-unsaturated/α-hetero) is 2. The van der Waals surface area contributed by atoms with Crippen LogP contribution < -0.4 is 29.8 Å². The average molecular weight is 587 g/mol. The van der Waals surface area contributed by atoms with Crippen LogP contribution in [0.25, 0.3) is 21.9 Å². The fourth-order valence-electron chi connectivity index (χ4n) is 5.07. The van der Waals surface area contributed by atoms with Gasteiger partial charge in [-0.25, -0.2) is 0 Å². The predicted octanol–water partition coefficient (Wildman–Crippen LogP) is 2.80. The van der Waals surface area contributed by atoms with Crippen molar-refractivity contribution in [2.24, 2.45) is 0 Å². The summed E-state index contributed by atoms with van der Waals surface area (Å²) in [5, 5.41) is 41.9. The SMILES string of the molecule is COc1cc(=O)c2c(O)c(O)c(OC)c(C(C(C)=O)C(C(C)=O)c3c(OC)c(O)c(O)c4c(=O)cc(OC)oc34)c2o1. The molecule has 14 nitrogen and oxygen atoms in total. The van der Waals surface area contributed by atoms with Crippen molar-refractivity contribution in [2.75, 3.05) is 28.4 Å². The molecular formula is C28H26O14. The number of fused-ring (bicyclic) bond motifs is 2. The summed E-state index contributed by atoms with van der Waals surface area (Å²) in [7, 11) is 4.56. The molecule has 4 aromatic rings. The Morgan fingerprint density at radius 3 is 1.21 bits per heavy atom. The van der Waals surface area contributed by atoms with Gasteiger partial charge in [0.05, 0.1) is 63.5 Å². The molecule has 222 valence electrons. The van der Waals surface area contributed by atoms with Crippen molar-refractivity contribution >= 4 is 33.5 Å². The van der Waals surface area contributed by atoms with Crippen molar-refractivity contribution in [3.63, 3.8) is 0 Å². The van der Waals surface area contributed by atoms with Gasteiger partial charge in [0.2, 0.25) is 22.4 Å². The maximum Gasteiger partial charge on any atom is 0.288 e. The standard InChI is InChI=1S/C28H26O14/c1-9(29)15(19-25-17(11(31)7-13(37-3)41-25)21(33)23(35)27(19)39-5)16(10(2)30)20-26-18(12(32)8-14(38-4)42-26)22(34)24(36)28(20)40-6/h7-8,15-16,33-36H,1-6H3. The highest BCUT2D eigenvalue weighted by Crippen LogP contribution is 2.55. The number of phenolic OH excluding ortho intramolecular Hbond substituents is 4. The lowest BCUT2D eigenvalue weighted by Gasteiger charge is -2.28. The monoisotopic (exact) mass is 586 g/mol. The zero-order valence-corrected chi connectivity index (χ0v) is 23.2. The van der Waals surface area contributed by atoms with Crippen LogP contribution >= 0.6 is 0 Å². The summed E-state index contributed by atoms with van der Waals surface area (Å²) in [6.07, 6.45) is 0. The van der Waals surface area contributed by atoms with Crippen LogP contribution in [0.5, 0.6) is 46.4 Å². The maximum absolute atomic E-state index is 13.5. The van der Waals surface area contributed by atoms with Crippen LogP contribution in [0.15, 0.2) is 30.6 Å². The van der Waals surface area contributed by atoms with E-state index in [4.69, 9.17) is 27.8 Å². The Bertz CT molecular complexity index is 1740. The van der Waals surface area contributed by atoms with Gasteiger partial charge in [0.15, 0.2) is 34.2 Å². The Morgan fingerprint density at radius 1 is 0.619 bits per heavy atom. The van der Waals surface area contributed by atoms with E-state index >= 15 is 0 Å². The molecule has 0 aliphatic heterocycles. The summed E-state index contributed by atoms with van der Waals surface area (Å²) < 4.78 is 32.1. The van der Waals surface area contributed by atoms with E-state index in [9.17, 15) is 39.6 Å². The number of hydrogen-bond acceptors (Lipinski definition) is 14. The van der Waals surface area contributed by atoms with E-state index in [0.717, 1.165) is 40.2 Å². The summed E-state index contributed by atoms with van der Waals surface area (Å²) in [5.74, 6) is -10.5. The van der Waals surface area contributed by atoms with Gasteiger partial charge in [-0.15, -0.1) is 0 Å².